The Hall–Kier alpha value is -1.64. The first kappa shape index (κ1) is 13.8. The first-order valence-electron chi connectivity index (χ1n) is 7.05. The van der Waals surface area contributed by atoms with Gasteiger partial charge >= 0.3 is 0 Å². The van der Waals surface area contributed by atoms with Crippen molar-refractivity contribution < 1.29 is 4.79 Å². The van der Waals surface area contributed by atoms with Crippen molar-refractivity contribution in [1.82, 2.24) is 4.90 Å². The van der Waals surface area contributed by atoms with E-state index in [1.807, 2.05) is 37.5 Å². The van der Waals surface area contributed by atoms with Gasteiger partial charge in [0.15, 0.2) is 0 Å². The van der Waals surface area contributed by atoms with E-state index in [1.54, 1.807) is 4.90 Å². The van der Waals surface area contributed by atoms with Gasteiger partial charge in [-0.1, -0.05) is 31.9 Å². The lowest BCUT2D eigenvalue weighted by Crippen LogP contribution is -2.28. The Bertz CT molecular complexity index is 468. The molecular weight excluding hydrogens is 236 g/mol. The van der Waals surface area contributed by atoms with E-state index in [0.717, 1.165) is 25.1 Å². The Morgan fingerprint density at radius 2 is 2.05 bits per heavy atom. The molecule has 0 fully saturated rings. The van der Waals surface area contributed by atoms with Crippen molar-refractivity contribution in [1.29, 1.82) is 0 Å². The lowest BCUT2D eigenvalue weighted by Gasteiger charge is -2.19. The number of nitrogens with zero attached hydrogens (tertiary/aromatic N) is 2. The molecule has 1 amide bonds. The van der Waals surface area contributed by atoms with Crippen molar-refractivity contribution in [2.24, 2.45) is 10.9 Å². The van der Waals surface area contributed by atoms with Crippen LogP contribution < -0.4 is 0 Å². The van der Waals surface area contributed by atoms with Crippen molar-refractivity contribution >= 4 is 17.8 Å². The normalized spacial score (nSPS) is 23.2. The highest BCUT2D eigenvalue weighted by Gasteiger charge is 2.15. The molecule has 1 unspecified atom stereocenters. The van der Waals surface area contributed by atoms with Gasteiger partial charge < -0.3 is 4.90 Å². The fourth-order valence-electron chi connectivity index (χ4n) is 2.36. The third-order valence-electron chi connectivity index (χ3n) is 3.66. The summed E-state index contributed by atoms with van der Waals surface area (Å²) in [6.45, 7) is 3.09. The highest BCUT2D eigenvalue weighted by Crippen LogP contribution is 2.21. The largest absolute Gasteiger partial charge is 0.342 e. The molecule has 0 aromatic heterocycles. The molecule has 3 nitrogen and oxygen atoms in total. The number of fused-ring (bicyclic) bond motifs is 1. The minimum atomic E-state index is 0.0707. The Labute approximate surface area is 115 Å². The third-order valence-corrected chi connectivity index (χ3v) is 3.66. The molecule has 0 saturated carbocycles. The molecule has 1 aliphatic heterocycles. The van der Waals surface area contributed by atoms with Crippen LogP contribution in [0.2, 0.25) is 0 Å². The van der Waals surface area contributed by atoms with Gasteiger partial charge in [0, 0.05) is 19.8 Å². The van der Waals surface area contributed by atoms with Gasteiger partial charge in [-0.2, -0.15) is 0 Å². The van der Waals surface area contributed by atoms with Crippen LogP contribution in [0.25, 0.3) is 0 Å². The zero-order chi connectivity index (χ0) is 13.7. The zero-order valence-electron chi connectivity index (χ0n) is 11.8. The van der Waals surface area contributed by atoms with Gasteiger partial charge in [-0.05, 0) is 30.9 Å². The molecule has 0 N–H and O–H groups in total. The summed E-state index contributed by atoms with van der Waals surface area (Å²) in [6, 6.07) is 7.60. The second-order valence-corrected chi connectivity index (χ2v) is 5.39. The maximum absolute atomic E-state index is 12.4. The minimum absolute atomic E-state index is 0.0707. The molecule has 1 heterocycles. The van der Waals surface area contributed by atoms with Crippen molar-refractivity contribution in [3.63, 3.8) is 0 Å². The van der Waals surface area contributed by atoms with Crippen LogP contribution in [-0.2, 0) is 0 Å². The van der Waals surface area contributed by atoms with Gasteiger partial charge in [0.25, 0.3) is 5.91 Å². The lowest BCUT2D eigenvalue weighted by molar-refractivity contribution is 0.0793. The number of hydrogen-bond donors (Lipinski definition) is 0. The van der Waals surface area contributed by atoms with Crippen LogP contribution in [0.4, 0.5) is 5.69 Å². The Morgan fingerprint density at radius 1 is 1.26 bits per heavy atom. The highest BCUT2D eigenvalue weighted by molar-refractivity contribution is 5.99. The summed E-state index contributed by atoms with van der Waals surface area (Å²) in [7, 11) is 1.87. The quantitative estimate of drug-likeness (QED) is 0.699. The van der Waals surface area contributed by atoms with Crippen LogP contribution >= 0.6 is 0 Å². The average Bonchev–Trinajstić information content (AvgIpc) is 2.42. The molecule has 0 spiro atoms. The number of para-hydroxylation sites is 1. The van der Waals surface area contributed by atoms with Gasteiger partial charge in [-0.15, -0.1) is 0 Å². The molecule has 1 atom stereocenters. The Kier molecular flexibility index (Phi) is 4.72. The zero-order valence-corrected chi connectivity index (χ0v) is 11.8. The van der Waals surface area contributed by atoms with E-state index in [9.17, 15) is 4.79 Å². The summed E-state index contributed by atoms with van der Waals surface area (Å²) < 4.78 is 0. The van der Waals surface area contributed by atoms with Crippen LogP contribution in [-0.4, -0.2) is 30.6 Å². The molecular formula is C16H22N2O. The topological polar surface area (TPSA) is 32.7 Å². The van der Waals surface area contributed by atoms with Gasteiger partial charge in [-0.3, -0.25) is 9.79 Å². The van der Waals surface area contributed by atoms with E-state index in [2.05, 4.69) is 11.9 Å². The summed E-state index contributed by atoms with van der Waals surface area (Å²) in [5.74, 6) is 0.734. The predicted octanol–water partition coefficient (Wildman–Crippen LogP) is 3.67. The Balaban J connectivity index is 2.29. The molecule has 1 aromatic carbocycles. The molecule has 1 aliphatic rings. The highest BCUT2D eigenvalue weighted by atomic mass is 16.2. The smallest absolute Gasteiger partial charge is 0.255 e. The molecule has 1 aromatic rings. The first-order valence-corrected chi connectivity index (χ1v) is 7.05. The van der Waals surface area contributed by atoms with Crippen molar-refractivity contribution in [3.8, 4) is 0 Å². The van der Waals surface area contributed by atoms with Crippen LogP contribution in [0, 0.1) is 5.92 Å². The molecule has 0 bridgehead atoms. The summed E-state index contributed by atoms with van der Waals surface area (Å²) in [5, 5.41) is 0. The van der Waals surface area contributed by atoms with E-state index < -0.39 is 0 Å². The van der Waals surface area contributed by atoms with Crippen LogP contribution in [0.3, 0.4) is 0 Å². The van der Waals surface area contributed by atoms with Crippen molar-refractivity contribution in [3.05, 3.63) is 29.8 Å². The molecule has 19 heavy (non-hydrogen) atoms. The minimum Gasteiger partial charge on any atom is -0.342 e. The molecule has 3 heteroatoms. The number of rotatable bonds is 0. The first-order chi connectivity index (χ1) is 9.18. The lowest BCUT2D eigenvalue weighted by atomic mass is 10.0. The number of hydrogen-bond acceptors (Lipinski definition) is 2. The standard InChI is InChI=1S/C16H22N2O/c1-13-7-5-6-12-18(2)16(19)14-8-3-4-9-15(14)17-11-10-13/h3-4,8-9,11,13H,5-7,10,12H2,1-2H3/b17-11-. The van der Waals surface area contributed by atoms with E-state index in [-0.39, 0.29) is 5.91 Å². The molecule has 102 valence electrons. The predicted molar refractivity (Wildman–Crippen MR) is 79.2 cm³/mol. The summed E-state index contributed by atoms with van der Waals surface area (Å²) in [5.41, 5.74) is 1.49. The van der Waals surface area contributed by atoms with Crippen LogP contribution in [0.5, 0.6) is 0 Å². The second-order valence-electron chi connectivity index (χ2n) is 5.39. The molecule has 0 saturated heterocycles. The molecule has 0 aliphatic carbocycles. The fraction of sp³-hybridized carbons (Fsp3) is 0.500. The maximum atomic E-state index is 12.4. The number of carbonyl (C=O) groups excluding carboxylic acids is 1. The monoisotopic (exact) mass is 258 g/mol. The van der Waals surface area contributed by atoms with Crippen molar-refractivity contribution in [2.75, 3.05) is 13.6 Å². The number of benzene rings is 1. The number of amides is 1. The maximum Gasteiger partial charge on any atom is 0.255 e. The second kappa shape index (κ2) is 6.50. The average molecular weight is 258 g/mol. The van der Waals surface area contributed by atoms with Gasteiger partial charge in [0.1, 0.15) is 0 Å². The SMILES string of the molecule is CC1C/C=N\c2ccccc2C(=O)N(C)CCCC1. The van der Waals surface area contributed by atoms with Gasteiger partial charge in [0.05, 0.1) is 11.3 Å². The van der Waals surface area contributed by atoms with Gasteiger partial charge in [0.2, 0.25) is 0 Å². The van der Waals surface area contributed by atoms with E-state index in [4.69, 9.17) is 0 Å². The number of aliphatic imine (C=N–C) groups is 1. The summed E-state index contributed by atoms with van der Waals surface area (Å²) in [4.78, 5) is 18.7. The van der Waals surface area contributed by atoms with Gasteiger partial charge in [-0.25, -0.2) is 0 Å². The summed E-state index contributed by atoms with van der Waals surface area (Å²) >= 11 is 0. The number of carbonyl (C=O) groups is 1. The Morgan fingerprint density at radius 3 is 2.89 bits per heavy atom. The van der Waals surface area contributed by atoms with Crippen molar-refractivity contribution in [2.45, 2.75) is 32.6 Å². The van der Waals surface area contributed by atoms with Crippen LogP contribution in [0.15, 0.2) is 29.3 Å². The van der Waals surface area contributed by atoms with E-state index in [0.29, 0.717) is 11.5 Å². The van der Waals surface area contributed by atoms with Crippen LogP contribution in [0.1, 0.15) is 43.0 Å². The summed E-state index contributed by atoms with van der Waals surface area (Å²) in [6.07, 6.45) is 6.40. The van der Waals surface area contributed by atoms with E-state index >= 15 is 0 Å². The molecule has 2 rings (SSSR count). The third kappa shape index (κ3) is 3.66. The molecule has 0 radical (unpaired) electrons. The fourth-order valence-corrected chi connectivity index (χ4v) is 2.36. The van der Waals surface area contributed by atoms with E-state index in [1.165, 1.54) is 12.8 Å².